The second-order valence-electron chi connectivity index (χ2n) is 13.0. The molecule has 2 N–H and O–H groups in total. The minimum Gasteiger partial charge on any atom is -0.491 e. The van der Waals surface area contributed by atoms with Gasteiger partial charge in [-0.15, -0.1) is 17.3 Å². The Morgan fingerprint density at radius 2 is 1.87 bits per heavy atom. The number of rotatable bonds is 16. The lowest BCUT2D eigenvalue weighted by molar-refractivity contribution is -0.137. The highest BCUT2D eigenvalue weighted by molar-refractivity contribution is 7.19. The maximum atomic E-state index is 12.8. The molecular formula is C40H44ClN7O5S. The summed E-state index contributed by atoms with van der Waals surface area (Å²) >= 11 is 8.40. The van der Waals surface area contributed by atoms with Gasteiger partial charge in [-0.3, -0.25) is 4.90 Å². The Morgan fingerprint density at radius 3 is 2.65 bits per heavy atom. The topological polar surface area (TPSA) is 135 Å². The fourth-order valence-corrected chi connectivity index (χ4v) is 7.57. The monoisotopic (exact) mass is 769 g/mol. The molecule has 282 valence electrons. The summed E-state index contributed by atoms with van der Waals surface area (Å²) in [7, 11) is 3.78. The predicted molar refractivity (Wildman–Crippen MR) is 212 cm³/mol. The van der Waals surface area contributed by atoms with Crippen molar-refractivity contribution in [1.29, 1.82) is 0 Å². The highest BCUT2D eigenvalue weighted by Gasteiger charge is 2.26. The van der Waals surface area contributed by atoms with Gasteiger partial charge < -0.3 is 29.5 Å². The first-order valence-electron chi connectivity index (χ1n) is 17.8. The number of piperazine rings is 1. The third-order valence-electron chi connectivity index (χ3n) is 9.28. The summed E-state index contributed by atoms with van der Waals surface area (Å²) in [5.74, 6) is 7.43. The van der Waals surface area contributed by atoms with E-state index in [1.54, 1.807) is 26.3 Å². The summed E-state index contributed by atoms with van der Waals surface area (Å²) < 4.78 is 17.5. The number of thiophene rings is 1. The van der Waals surface area contributed by atoms with Gasteiger partial charge in [0, 0.05) is 64.4 Å². The molecule has 2 aromatic carbocycles. The van der Waals surface area contributed by atoms with Crippen LogP contribution < -0.4 is 14.8 Å². The van der Waals surface area contributed by atoms with Gasteiger partial charge >= 0.3 is 5.97 Å². The lowest BCUT2D eigenvalue weighted by atomic mass is 9.97. The molecule has 1 fully saturated rings. The van der Waals surface area contributed by atoms with E-state index < -0.39 is 12.0 Å². The molecule has 12 nitrogen and oxygen atoms in total. The Hall–Kier alpha value is -4.84. The molecule has 3 aromatic heterocycles. The minimum absolute atomic E-state index is 0.117. The van der Waals surface area contributed by atoms with Gasteiger partial charge in [-0.25, -0.2) is 24.7 Å². The van der Waals surface area contributed by atoms with Crippen LogP contribution in [0, 0.1) is 18.8 Å². The fourth-order valence-electron chi connectivity index (χ4n) is 6.29. The quantitative estimate of drug-likeness (QED) is 0.114. The van der Waals surface area contributed by atoms with Crippen molar-refractivity contribution < 1.29 is 24.1 Å². The van der Waals surface area contributed by atoms with Gasteiger partial charge in [-0.05, 0) is 55.8 Å². The van der Waals surface area contributed by atoms with Crippen LogP contribution in [0.4, 0.5) is 5.82 Å². The number of methoxy groups -OCH3 is 1. The standard InChI is InChI=1S/C40H44ClN7O5S/c1-5-8-33-35(29-11-12-32(37(41)26(29)2)52-22-20-48-18-16-47(3)17-19-48)36-38(43-25-44-39(36)54-33)46-30(40(49)50)23-27-9-6-7-10-31(27)53-24-28-13-15-42-34(45-28)14-21-51-4/h6-7,9-13,15,25,30H,14,16-24H2,1-4H3,(H,49,50)(H,43,44,46)/t30-/m1/s1. The number of halogens is 1. The molecule has 6 rings (SSSR count). The third-order valence-corrected chi connectivity index (χ3v) is 10.8. The molecule has 14 heteroatoms. The van der Waals surface area contributed by atoms with E-state index in [-0.39, 0.29) is 13.0 Å². The van der Waals surface area contributed by atoms with E-state index in [9.17, 15) is 9.90 Å². The van der Waals surface area contributed by atoms with Crippen molar-refractivity contribution >= 4 is 44.9 Å². The highest BCUT2D eigenvalue weighted by atomic mass is 35.5. The Labute approximate surface area is 324 Å². The van der Waals surface area contributed by atoms with E-state index in [4.69, 9.17) is 25.8 Å². The average molecular weight is 770 g/mol. The number of hydrogen-bond acceptors (Lipinski definition) is 12. The normalized spacial score (nSPS) is 14.0. The number of ether oxygens (including phenoxy) is 3. The first-order chi connectivity index (χ1) is 26.2. The van der Waals surface area contributed by atoms with Crippen LogP contribution in [-0.4, -0.2) is 107 Å². The summed E-state index contributed by atoms with van der Waals surface area (Å²) in [6.45, 7) is 9.91. The van der Waals surface area contributed by atoms with Crippen LogP contribution in [0.2, 0.25) is 5.02 Å². The van der Waals surface area contributed by atoms with Gasteiger partial charge in [0.15, 0.2) is 0 Å². The molecule has 1 aliphatic heterocycles. The molecule has 1 saturated heterocycles. The third kappa shape index (κ3) is 9.44. The molecule has 0 aliphatic carbocycles. The van der Waals surface area contributed by atoms with Crippen LogP contribution >= 0.6 is 22.9 Å². The number of aromatic nitrogens is 4. The molecule has 4 heterocycles. The number of nitrogens with one attached hydrogen (secondary N) is 1. The van der Waals surface area contributed by atoms with Crippen LogP contribution in [0.25, 0.3) is 21.3 Å². The summed E-state index contributed by atoms with van der Waals surface area (Å²) in [5.41, 5.74) is 3.87. The molecule has 0 radical (unpaired) electrons. The molecule has 1 aliphatic rings. The zero-order valence-corrected chi connectivity index (χ0v) is 32.5. The molecule has 0 spiro atoms. The fraction of sp³-hybridized carbons (Fsp3) is 0.375. The maximum Gasteiger partial charge on any atom is 0.326 e. The summed E-state index contributed by atoms with van der Waals surface area (Å²) in [4.78, 5) is 37.0. The first kappa shape index (κ1) is 38.9. The van der Waals surface area contributed by atoms with Crippen molar-refractivity contribution in [2.75, 3.05) is 65.4 Å². The Kier molecular flexibility index (Phi) is 13.3. The second-order valence-corrected chi connectivity index (χ2v) is 14.3. The van der Waals surface area contributed by atoms with Gasteiger partial charge in [0.2, 0.25) is 0 Å². The predicted octanol–water partition coefficient (Wildman–Crippen LogP) is 5.98. The van der Waals surface area contributed by atoms with Crippen molar-refractivity contribution in [1.82, 2.24) is 29.7 Å². The lowest BCUT2D eigenvalue weighted by Crippen LogP contribution is -2.45. The number of likely N-dealkylation sites (N-methyl/N-ethyl adjacent to an activating group) is 1. The minimum atomic E-state index is -1.05. The Morgan fingerprint density at radius 1 is 1.06 bits per heavy atom. The zero-order chi connectivity index (χ0) is 38.0. The average Bonchev–Trinajstić information content (AvgIpc) is 3.54. The van der Waals surface area contributed by atoms with E-state index in [0.29, 0.717) is 69.3 Å². The molecule has 0 unspecified atom stereocenters. The number of benzene rings is 2. The van der Waals surface area contributed by atoms with E-state index in [0.717, 1.165) is 54.3 Å². The van der Waals surface area contributed by atoms with Gasteiger partial charge in [0.05, 0.1) is 27.6 Å². The number of carboxylic acid groups (broad SMARTS) is 1. The van der Waals surface area contributed by atoms with Crippen LogP contribution in [0.1, 0.15) is 34.4 Å². The number of carbonyl (C=O) groups is 1. The number of hydrogen-bond donors (Lipinski definition) is 2. The van der Waals surface area contributed by atoms with E-state index in [2.05, 4.69) is 53.9 Å². The molecule has 54 heavy (non-hydrogen) atoms. The van der Waals surface area contributed by atoms with E-state index in [1.165, 1.54) is 17.7 Å². The number of carboxylic acids is 1. The van der Waals surface area contributed by atoms with Crippen molar-refractivity contribution in [3.05, 3.63) is 87.5 Å². The van der Waals surface area contributed by atoms with Crippen LogP contribution in [0.15, 0.2) is 55.0 Å². The molecule has 1 atom stereocenters. The first-order valence-corrected chi connectivity index (χ1v) is 19.0. The van der Waals surface area contributed by atoms with Crippen molar-refractivity contribution in [2.24, 2.45) is 0 Å². The van der Waals surface area contributed by atoms with Crippen LogP contribution in [0.3, 0.4) is 0 Å². The number of anilines is 1. The van der Waals surface area contributed by atoms with Gasteiger partial charge in [-0.1, -0.05) is 41.8 Å². The highest BCUT2D eigenvalue weighted by Crippen LogP contribution is 2.44. The zero-order valence-electron chi connectivity index (χ0n) is 30.9. The second kappa shape index (κ2) is 18.5. The molecular weight excluding hydrogens is 726 g/mol. The molecule has 0 bridgehead atoms. The summed E-state index contributed by atoms with van der Waals surface area (Å²) in [5, 5.41) is 14.9. The largest absolute Gasteiger partial charge is 0.491 e. The summed E-state index contributed by atoms with van der Waals surface area (Å²) in [6.07, 6.45) is 3.83. The SMILES string of the molecule is CC#Cc1sc2ncnc(N[C@H](Cc3ccccc3OCc3ccnc(CCOC)n3)C(=O)O)c2c1-c1ccc(OCCN2CCN(C)CC2)c(Cl)c1C. The maximum absolute atomic E-state index is 12.8. The van der Waals surface area contributed by atoms with E-state index >= 15 is 0 Å². The van der Waals surface area contributed by atoms with Gasteiger partial charge in [0.1, 0.15) is 53.6 Å². The molecule has 0 saturated carbocycles. The number of aliphatic carboxylic acids is 1. The number of para-hydroxylation sites is 1. The van der Waals surface area contributed by atoms with E-state index in [1.807, 2.05) is 43.3 Å². The molecule has 0 amide bonds. The van der Waals surface area contributed by atoms with Gasteiger partial charge in [-0.2, -0.15) is 0 Å². The van der Waals surface area contributed by atoms with Crippen molar-refractivity contribution in [2.45, 2.75) is 39.3 Å². The molecule has 5 aromatic rings. The van der Waals surface area contributed by atoms with Crippen molar-refractivity contribution in [3.8, 4) is 34.5 Å². The van der Waals surface area contributed by atoms with Crippen LogP contribution in [-0.2, 0) is 29.0 Å². The van der Waals surface area contributed by atoms with Gasteiger partial charge in [0.25, 0.3) is 0 Å². The van der Waals surface area contributed by atoms with Crippen LogP contribution in [0.5, 0.6) is 11.5 Å². The Bertz CT molecular complexity index is 2140. The smallest absolute Gasteiger partial charge is 0.326 e. The lowest BCUT2D eigenvalue weighted by Gasteiger charge is -2.32. The summed E-state index contributed by atoms with van der Waals surface area (Å²) in [6, 6.07) is 12.0. The Balaban J connectivity index is 1.25. The number of nitrogens with zero attached hydrogens (tertiary/aromatic N) is 6. The number of fused-ring (bicyclic) bond motifs is 1. The van der Waals surface area contributed by atoms with Crippen molar-refractivity contribution in [3.63, 3.8) is 0 Å².